The first-order valence-corrected chi connectivity index (χ1v) is 6.78. The molecule has 1 unspecified atom stereocenters. The molecule has 0 saturated carbocycles. The van der Waals surface area contributed by atoms with E-state index in [4.69, 9.17) is 0 Å². The molecule has 1 fully saturated rings. The van der Waals surface area contributed by atoms with E-state index in [0.717, 1.165) is 25.1 Å². The normalized spacial score (nSPS) is 20.2. The van der Waals surface area contributed by atoms with E-state index >= 15 is 0 Å². The Morgan fingerprint density at radius 3 is 2.61 bits per heavy atom. The molecule has 1 heterocycles. The molecule has 3 heteroatoms. The van der Waals surface area contributed by atoms with Crippen molar-refractivity contribution < 1.29 is 4.79 Å². The first kappa shape index (κ1) is 13.1. The molecule has 0 bridgehead atoms. The standard InChI is InChI=1S/C15H22N2O/c1-11-8-12(2)10-13(9-11)17-15(18)14-6-4-3-5-7-16-14/h8-10,14,16H,3-7H2,1-2H3,(H,17,18). The van der Waals surface area contributed by atoms with E-state index in [1.54, 1.807) is 0 Å². The number of anilines is 1. The Bertz CT molecular complexity index is 400. The van der Waals surface area contributed by atoms with Crippen LogP contribution in [0.3, 0.4) is 0 Å². The molecule has 1 aromatic rings. The van der Waals surface area contributed by atoms with E-state index in [1.807, 2.05) is 26.0 Å². The summed E-state index contributed by atoms with van der Waals surface area (Å²) in [6.45, 7) is 5.05. The van der Waals surface area contributed by atoms with Gasteiger partial charge in [-0.3, -0.25) is 4.79 Å². The van der Waals surface area contributed by atoms with E-state index in [9.17, 15) is 4.79 Å². The number of hydrogen-bond acceptors (Lipinski definition) is 2. The zero-order chi connectivity index (χ0) is 13.0. The highest BCUT2D eigenvalue weighted by Crippen LogP contribution is 2.15. The minimum Gasteiger partial charge on any atom is -0.325 e. The van der Waals surface area contributed by atoms with Gasteiger partial charge in [0.25, 0.3) is 0 Å². The fourth-order valence-electron chi connectivity index (χ4n) is 2.53. The quantitative estimate of drug-likeness (QED) is 0.842. The Morgan fingerprint density at radius 1 is 1.17 bits per heavy atom. The number of hydrogen-bond donors (Lipinski definition) is 2. The third kappa shape index (κ3) is 3.57. The monoisotopic (exact) mass is 246 g/mol. The Hall–Kier alpha value is -1.35. The predicted octanol–water partition coefficient (Wildman–Crippen LogP) is 2.77. The van der Waals surface area contributed by atoms with Gasteiger partial charge in [0.15, 0.2) is 0 Å². The molecule has 1 aliphatic rings. The van der Waals surface area contributed by atoms with Crippen LogP contribution in [-0.2, 0) is 4.79 Å². The molecule has 0 radical (unpaired) electrons. The van der Waals surface area contributed by atoms with Crippen molar-refractivity contribution in [3.63, 3.8) is 0 Å². The molecule has 18 heavy (non-hydrogen) atoms. The van der Waals surface area contributed by atoms with Gasteiger partial charge in [0, 0.05) is 5.69 Å². The van der Waals surface area contributed by atoms with Gasteiger partial charge in [-0.05, 0) is 56.5 Å². The number of carbonyl (C=O) groups excluding carboxylic acids is 1. The summed E-state index contributed by atoms with van der Waals surface area (Å²) >= 11 is 0. The fraction of sp³-hybridized carbons (Fsp3) is 0.533. The summed E-state index contributed by atoms with van der Waals surface area (Å²) in [5, 5.41) is 6.34. The zero-order valence-electron chi connectivity index (χ0n) is 11.3. The van der Waals surface area contributed by atoms with Crippen molar-refractivity contribution in [2.45, 2.75) is 45.6 Å². The van der Waals surface area contributed by atoms with E-state index in [0.29, 0.717) is 0 Å². The third-order valence-corrected chi connectivity index (χ3v) is 3.37. The number of nitrogens with one attached hydrogen (secondary N) is 2. The van der Waals surface area contributed by atoms with Crippen molar-refractivity contribution >= 4 is 11.6 Å². The average Bonchev–Trinajstić information content (AvgIpc) is 2.55. The first-order valence-electron chi connectivity index (χ1n) is 6.78. The van der Waals surface area contributed by atoms with Gasteiger partial charge in [-0.15, -0.1) is 0 Å². The molecule has 1 saturated heterocycles. The molecule has 1 amide bonds. The van der Waals surface area contributed by atoms with Gasteiger partial charge in [-0.1, -0.05) is 18.9 Å². The lowest BCUT2D eigenvalue weighted by atomic mass is 10.1. The van der Waals surface area contributed by atoms with Gasteiger partial charge >= 0.3 is 0 Å². The molecule has 1 aliphatic heterocycles. The van der Waals surface area contributed by atoms with Crippen molar-refractivity contribution in [2.75, 3.05) is 11.9 Å². The summed E-state index contributed by atoms with van der Waals surface area (Å²) < 4.78 is 0. The van der Waals surface area contributed by atoms with Gasteiger partial charge in [-0.25, -0.2) is 0 Å². The van der Waals surface area contributed by atoms with Crippen molar-refractivity contribution in [2.24, 2.45) is 0 Å². The van der Waals surface area contributed by atoms with Crippen LogP contribution in [0.5, 0.6) is 0 Å². The number of amides is 1. The molecule has 1 atom stereocenters. The lowest BCUT2D eigenvalue weighted by molar-refractivity contribution is -0.118. The van der Waals surface area contributed by atoms with Gasteiger partial charge in [0.2, 0.25) is 5.91 Å². The van der Waals surface area contributed by atoms with Crippen LogP contribution < -0.4 is 10.6 Å². The lowest BCUT2D eigenvalue weighted by Gasteiger charge is -2.16. The molecular formula is C15H22N2O. The maximum atomic E-state index is 12.2. The number of carbonyl (C=O) groups is 1. The van der Waals surface area contributed by atoms with Crippen LogP contribution in [-0.4, -0.2) is 18.5 Å². The summed E-state index contributed by atoms with van der Waals surface area (Å²) in [7, 11) is 0. The molecular weight excluding hydrogens is 224 g/mol. The van der Waals surface area contributed by atoms with Crippen LogP contribution in [0.1, 0.15) is 36.8 Å². The Kier molecular flexibility index (Phi) is 4.37. The highest BCUT2D eigenvalue weighted by atomic mass is 16.2. The van der Waals surface area contributed by atoms with Crippen LogP contribution in [0, 0.1) is 13.8 Å². The van der Waals surface area contributed by atoms with Gasteiger partial charge in [-0.2, -0.15) is 0 Å². The van der Waals surface area contributed by atoms with E-state index in [2.05, 4.69) is 16.7 Å². The summed E-state index contributed by atoms with van der Waals surface area (Å²) in [6, 6.07) is 6.11. The Labute approximate surface area is 109 Å². The summed E-state index contributed by atoms with van der Waals surface area (Å²) in [4.78, 5) is 12.2. The van der Waals surface area contributed by atoms with Crippen LogP contribution in [0.4, 0.5) is 5.69 Å². The topological polar surface area (TPSA) is 41.1 Å². The van der Waals surface area contributed by atoms with Gasteiger partial charge < -0.3 is 10.6 Å². The minimum atomic E-state index is -0.0340. The Morgan fingerprint density at radius 2 is 1.89 bits per heavy atom. The van der Waals surface area contributed by atoms with Crippen molar-refractivity contribution in [3.8, 4) is 0 Å². The average molecular weight is 246 g/mol. The van der Waals surface area contributed by atoms with Gasteiger partial charge in [0.1, 0.15) is 0 Å². The smallest absolute Gasteiger partial charge is 0.241 e. The summed E-state index contributed by atoms with van der Waals surface area (Å²) in [5.74, 6) is 0.0990. The van der Waals surface area contributed by atoms with E-state index in [-0.39, 0.29) is 11.9 Å². The van der Waals surface area contributed by atoms with E-state index in [1.165, 1.54) is 24.0 Å². The zero-order valence-corrected chi connectivity index (χ0v) is 11.3. The SMILES string of the molecule is Cc1cc(C)cc(NC(=O)C2CCCCCN2)c1. The van der Waals surface area contributed by atoms with Crippen LogP contribution in [0.15, 0.2) is 18.2 Å². The number of aryl methyl sites for hydroxylation is 2. The minimum absolute atomic E-state index is 0.0340. The molecule has 0 aromatic heterocycles. The molecule has 0 aliphatic carbocycles. The lowest BCUT2D eigenvalue weighted by Crippen LogP contribution is -2.39. The molecule has 2 rings (SSSR count). The fourth-order valence-corrected chi connectivity index (χ4v) is 2.53. The summed E-state index contributed by atoms with van der Waals surface area (Å²) in [6.07, 6.45) is 4.47. The Balaban J connectivity index is 2.01. The second kappa shape index (κ2) is 6.01. The predicted molar refractivity (Wildman–Crippen MR) is 74.8 cm³/mol. The maximum absolute atomic E-state index is 12.2. The molecule has 1 aromatic carbocycles. The molecule has 98 valence electrons. The van der Waals surface area contributed by atoms with Crippen molar-refractivity contribution in [3.05, 3.63) is 29.3 Å². The molecule has 2 N–H and O–H groups in total. The first-order chi connectivity index (χ1) is 8.65. The van der Waals surface area contributed by atoms with Crippen LogP contribution >= 0.6 is 0 Å². The van der Waals surface area contributed by atoms with Crippen LogP contribution in [0.25, 0.3) is 0 Å². The van der Waals surface area contributed by atoms with Crippen molar-refractivity contribution in [1.82, 2.24) is 5.32 Å². The van der Waals surface area contributed by atoms with Gasteiger partial charge in [0.05, 0.1) is 6.04 Å². The van der Waals surface area contributed by atoms with Crippen molar-refractivity contribution in [1.29, 1.82) is 0 Å². The molecule has 0 spiro atoms. The third-order valence-electron chi connectivity index (χ3n) is 3.37. The number of benzene rings is 1. The molecule has 3 nitrogen and oxygen atoms in total. The highest BCUT2D eigenvalue weighted by molar-refractivity contribution is 5.95. The highest BCUT2D eigenvalue weighted by Gasteiger charge is 2.19. The largest absolute Gasteiger partial charge is 0.325 e. The van der Waals surface area contributed by atoms with Crippen LogP contribution in [0.2, 0.25) is 0 Å². The second-order valence-corrected chi connectivity index (χ2v) is 5.22. The number of rotatable bonds is 2. The maximum Gasteiger partial charge on any atom is 0.241 e. The van der Waals surface area contributed by atoms with E-state index < -0.39 is 0 Å². The second-order valence-electron chi connectivity index (χ2n) is 5.22. The summed E-state index contributed by atoms with van der Waals surface area (Å²) in [5.41, 5.74) is 3.27.